The van der Waals surface area contributed by atoms with Crippen LogP contribution in [0.3, 0.4) is 0 Å². The van der Waals surface area contributed by atoms with Gasteiger partial charge in [-0.15, -0.1) is 6.58 Å². The van der Waals surface area contributed by atoms with Crippen molar-refractivity contribution in [2.45, 2.75) is 52.1 Å². The summed E-state index contributed by atoms with van der Waals surface area (Å²) in [6.07, 6.45) is 7.88. The van der Waals surface area contributed by atoms with Crippen LogP contribution in [0.5, 0.6) is 5.75 Å². The van der Waals surface area contributed by atoms with Gasteiger partial charge in [-0.3, -0.25) is 4.98 Å². The molecule has 1 aliphatic heterocycles. The first kappa shape index (κ1) is 22.1. The lowest BCUT2D eigenvalue weighted by Crippen LogP contribution is -2.45. The Labute approximate surface area is 180 Å². The third-order valence-electron chi connectivity index (χ3n) is 5.82. The molecule has 162 valence electrons. The average molecular weight is 411 g/mol. The van der Waals surface area contributed by atoms with E-state index in [1.807, 2.05) is 50.1 Å². The van der Waals surface area contributed by atoms with Gasteiger partial charge in [-0.05, 0) is 88.1 Å². The van der Waals surface area contributed by atoms with Crippen molar-refractivity contribution in [1.29, 1.82) is 0 Å². The summed E-state index contributed by atoms with van der Waals surface area (Å²) in [4.78, 5) is 18.7. The van der Waals surface area contributed by atoms with Gasteiger partial charge in [-0.2, -0.15) is 0 Å². The maximum atomic E-state index is 12.4. The molecule has 1 amide bonds. The number of nitrogens with zero attached hydrogens (tertiary/aromatic N) is 2. The molecule has 5 nitrogen and oxygen atoms in total. The number of pyridine rings is 1. The van der Waals surface area contributed by atoms with E-state index in [1.54, 1.807) is 7.11 Å². The molecule has 3 rings (SSSR count). The van der Waals surface area contributed by atoms with Crippen LogP contribution >= 0.6 is 0 Å². The monoisotopic (exact) mass is 410 g/mol. The summed E-state index contributed by atoms with van der Waals surface area (Å²) in [5.41, 5.74) is 1.84. The molecule has 0 saturated carbocycles. The molecule has 0 aliphatic carbocycles. The van der Waals surface area contributed by atoms with Crippen LogP contribution in [0.15, 0.2) is 43.1 Å². The second-order valence-electron chi connectivity index (χ2n) is 9.12. The summed E-state index contributed by atoms with van der Waals surface area (Å²) >= 11 is 0. The van der Waals surface area contributed by atoms with E-state index in [0.29, 0.717) is 18.4 Å². The number of hydrogen-bond donors (Lipinski definition) is 0. The van der Waals surface area contributed by atoms with Gasteiger partial charge in [0, 0.05) is 24.7 Å². The zero-order valence-electron chi connectivity index (χ0n) is 18.7. The topological polar surface area (TPSA) is 51.7 Å². The van der Waals surface area contributed by atoms with E-state index in [-0.39, 0.29) is 6.09 Å². The van der Waals surface area contributed by atoms with E-state index >= 15 is 0 Å². The quantitative estimate of drug-likeness (QED) is 0.580. The van der Waals surface area contributed by atoms with Crippen LogP contribution in [-0.4, -0.2) is 41.8 Å². The third kappa shape index (κ3) is 5.53. The van der Waals surface area contributed by atoms with Crippen molar-refractivity contribution >= 4 is 17.0 Å². The molecule has 5 heteroatoms. The Bertz CT molecular complexity index is 888. The van der Waals surface area contributed by atoms with Gasteiger partial charge < -0.3 is 14.4 Å². The number of carbonyl (C=O) groups excluding carboxylic acids is 1. The molecule has 1 saturated heterocycles. The number of amides is 1. The summed E-state index contributed by atoms with van der Waals surface area (Å²) in [6, 6.07) is 8.14. The molecule has 0 unspecified atom stereocenters. The third-order valence-corrected chi connectivity index (χ3v) is 5.82. The van der Waals surface area contributed by atoms with Crippen LogP contribution in [0.4, 0.5) is 4.79 Å². The lowest BCUT2D eigenvalue weighted by atomic mass is 9.82. The summed E-state index contributed by atoms with van der Waals surface area (Å²) in [6.45, 7) is 11.2. The maximum absolute atomic E-state index is 12.4. The molecular formula is C25H34N2O3. The Hall–Kier alpha value is -2.56. The number of benzene rings is 1. The van der Waals surface area contributed by atoms with Gasteiger partial charge in [-0.1, -0.05) is 6.08 Å². The molecule has 0 radical (unpaired) electrons. The Kier molecular flexibility index (Phi) is 7.01. The zero-order chi connectivity index (χ0) is 21.7. The van der Waals surface area contributed by atoms with E-state index in [9.17, 15) is 4.79 Å². The zero-order valence-corrected chi connectivity index (χ0v) is 18.7. The van der Waals surface area contributed by atoms with Crippen LogP contribution in [0.2, 0.25) is 0 Å². The molecular weight excluding hydrogens is 376 g/mol. The highest BCUT2D eigenvalue weighted by Crippen LogP contribution is 2.31. The molecule has 0 bridgehead atoms. The van der Waals surface area contributed by atoms with E-state index in [2.05, 4.69) is 23.7 Å². The number of methoxy groups -OCH3 is 1. The minimum absolute atomic E-state index is 0.218. The van der Waals surface area contributed by atoms with E-state index in [0.717, 1.165) is 48.9 Å². The molecule has 2 heterocycles. The van der Waals surface area contributed by atoms with Gasteiger partial charge in [0.05, 0.1) is 12.6 Å². The standard InChI is InChI=1S/C25H34N2O3/c1-6-18-17-27(24(28)30-25(2,3)4)15-13-19(18)8-7-9-20-12-14-26-23-11-10-21(29-5)16-22(20)23/h6,10-12,14,16,18-19H,1,7-9,13,15,17H2,2-5H3/t18-,19+/m0/s1. The Morgan fingerprint density at radius 2 is 2.13 bits per heavy atom. The predicted molar refractivity (Wildman–Crippen MR) is 121 cm³/mol. The van der Waals surface area contributed by atoms with Crippen LogP contribution in [0, 0.1) is 11.8 Å². The van der Waals surface area contributed by atoms with Gasteiger partial charge in [0.15, 0.2) is 0 Å². The summed E-state index contributed by atoms with van der Waals surface area (Å²) in [5.74, 6) is 1.71. The van der Waals surface area contributed by atoms with E-state index in [1.165, 1.54) is 5.56 Å². The second-order valence-corrected chi connectivity index (χ2v) is 9.12. The van der Waals surface area contributed by atoms with Gasteiger partial charge >= 0.3 is 6.09 Å². The minimum Gasteiger partial charge on any atom is -0.497 e. The summed E-state index contributed by atoms with van der Waals surface area (Å²) < 4.78 is 10.9. The summed E-state index contributed by atoms with van der Waals surface area (Å²) in [7, 11) is 1.69. The van der Waals surface area contributed by atoms with Crippen molar-refractivity contribution in [3.63, 3.8) is 0 Å². The number of piperidine rings is 1. The van der Waals surface area contributed by atoms with Crippen molar-refractivity contribution in [3.8, 4) is 5.75 Å². The highest BCUT2D eigenvalue weighted by molar-refractivity contribution is 5.83. The lowest BCUT2D eigenvalue weighted by molar-refractivity contribution is 0.0132. The number of likely N-dealkylation sites (tertiary alicyclic amines) is 1. The van der Waals surface area contributed by atoms with Crippen LogP contribution in [0.1, 0.15) is 45.6 Å². The number of aromatic nitrogens is 1. The van der Waals surface area contributed by atoms with Crippen molar-refractivity contribution in [3.05, 3.63) is 48.7 Å². The minimum atomic E-state index is -0.465. The van der Waals surface area contributed by atoms with Crippen molar-refractivity contribution in [2.24, 2.45) is 11.8 Å². The molecule has 0 spiro atoms. The highest BCUT2D eigenvalue weighted by atomic mass is 16.6. The Morgan fingerprint density at radius 3 is 2.83 bits per heavy atom. The smallest absolute Gasteiger partial charge is 0.410 e. The predicted octanol–water partition coefficient (Wildman–Crippen LogP) is 5.63. The Balaban J connectivity index is 1.58. The fourth-order valence-corrected chi connectivity index (χ4v) is 4.23. The second kappa shape index (κ2) is 9.50. The fraction of sp³-hybridized carbons (Fsp3) is 0.520. The number of fused-ring (bicyclic) bond motifs is 1. The largest absolute Gasteiger partial charge is 0.497 e. The number of carbonyl (C=O) groups is 1. The van der Waals surface area contributed by atoms with Crippen LogP contribution < -0.4 is 4.74 Å². The fourth-order valence-electron chi connectivity index (χ4n) is 4.23. The molecule has 2 atom stereocenters. The maximum Gasteiger partial charge on any atom is 0.410 e. The van der Waals surface area contributed by atoms with Gasteiger partial charge in [0.25, 0.3) is 0 Å². The first-order valence-electron chi connectivity index (χ1n) is 10.8. The number of aryl methyl sites for hydroxylation is 1. The first-order valence-corrected chi connectivity index (χ1v) is 10.8. The normalized spacial score (nSPS) is 19.5. The van der Waals surface area contributed by atoms with E-state index < -0.39 is 5.60 Å². The van der Waals surface area contributed by atoms with Crippen molar-refractivity contribution < 1.29 is 14.3 Å². The van der Waals surface area contributed by atoms with Crippen molar-refractivity contribution in [2.75, 3.05) is 20.2 Å². The van der Waals surface area contributed by atoms with Gasteiger partial charge in [-0.25, -0.2) is 4.79 Å². The highest BCUT2D eigenvalue weighted by Gasteiger charge is 2.31. The molecule has 1 aromatic carbocycles. The molecule has 0 N–H and O–H groups in total. The SMILES string of the molecule is C=C[C@H]1CN(C(=O)OC(C)(C)C)CC[C@H]1CCCc1ccnc2ccc(OC)cc12. The molecule has 1 aromatic heterocycles. The van der Waals surface area contributed by atoms with Gasteiger partial charge in [0.1, 0.15) is 11.4 Å². The van der Waals surface area contributed by atoms with Crippen molar-refractivity contribution in [1.82, 2.24) is 9.88 Å². The lowest BCUT2D eigenvalue weighted by Gasteiger charge is -2.38. The summed E-state index contributed by atoms with van der Waals surface area (Å²) in [5, 5.41) is 1.16. The molecule has 30 heavy (non-hydrogen) atoms. The Morgan fingerprint density at radius 1 is 1.33 bits per heavy atom. The average Bonchev–Trinajstić information content (AvgIpc) is 2.72. The molecule has 2 aromatic rings. The van der Waals surface area contributed by atoms with E-state index in [4.69, 9.17) is 9.47 Å². The van der Waals surface area contributed by atoms with Crippen LogP contribution in [0.25, 0.3) is 10.9 Å². The first-order chi connectivity index (χ1) is 14.3. The number of ether oxygens (including phenoxy) is 2. The van der Waals surface area contributed by atoms with Crippen LogP contribution in [-0.2, 0) is 11.2 Å². The molecule has 1 fully saturated rings. The number of rotatable bonds is 6. The van der Waals surface area contributed by atoms with Gasteiger partial charge in [0.2, 0.25) is 0 Å². The molecule has 1 aliphatic rings. The number of hydrogen-bond acceptors (Lipinski definition) is 4.